The van der Waals surface area contributed by atoms with Crippen molar-refractivity contribution in [3.63, 3.8) is 0 Å². The number of aromatic nitrogens is 4. The highest BCUT2D eigenvalue weighted by Crippen LogP contribution is 2.15. The molecule has 1 unspecified atom stereocenters. The molecule has 2 aromatic heterocycles. The van der Waals surface area contributed by atoms with Gasteiger partial charge in [-0.05, 0) is 26.8 Å². The van der Waals surface area contributed by atoms with Crippen molar-refractivity contribution in [1.82, 2.24) is 29.4 Å². The van der Waals surface area contributed by atoms with E-state index in [-0.39, 0.29) is 11.9 Å². The normalized spacial score (nSPS) is 17.2. The fraction of sp³-hybridized carbons (Fsp3) is 0.588. The Morgan fingerprint density at radius 1 is 1.25 bits per heavy atom. The first kappa shape index (κ1) is 16.7. The van der Waals surface area contributed by atoms with Crippen LogP contribution in [0.15, 0.2) is 18.5 Å². The summed E-state index contributed by atoms with van der Waals surface area (Å²) >= 11 is 0. The number of hydrogen-bond donors (Lipinski definition) is 0. The van der Waals surface area contributed by atoms with E-state index in [1.54, 1.807) is 10.9 Å². The molecule has 1 aliphatic heterocycles. The molecule has 3 rings (SSSR count). The first-order valence-corrected chi connectivity index (χ1v) is 8.46. The van der Waals surface area contributed by atoms with Crippen molar-refractivity contribution in [3.8, 4) is 0 Å². The van der Waals surface area contributed by atoms with E-state index in [1.807, 2.05) is 43.5 Å². The fourth-order valence-electron chi connectivity index (χ4n) is 3.33. The van der Waals surface area contributed by atoms with Crippen LogP contribution in [0.2, 0.25) is 0 Å². The van der Waals surface area contributed by atoms with Crippen molar-refractivity contribution in [2.45, 2.75) is 33.4 Å². The van der Waals surface area contributed by atoms with Crippen LogP contribution in [0.25, 0.3) is 0 Å². The predicted molar refractivity (Wildman–Crippen MR) is 91.5 cm³/mol. The maximum Gasteiger partial charge on any atom is 0.247 e. The second kappa shape index (κ2) is 6.76. The highest BCUT2D eigenvalue weighted by molar-refractivity contribution is 5.80. The van der Waals surface area contributed by atoms with E-state index in [1.165, 1.54) is 5.56 Å². The maximum atomic E-state index is 12.7. The molecule has 2 aromatic rings. The van der Waals surface area contributed by atoms with Gasteiger partial charge in [0.15, 0.2) is 0 Å². The Balaban J connectivity index is 1.56. The minimum Gasteiger partial charge on any atom is -0.338 e. The average Bonchev–Trinajstić information content (AvgIpc) is 3.12. The standard InChI is InChI=1S/C17H26N6O/c1-13-5-6-18-23(13)15(3)17(24)22-9-7-21(8-10-22)12-16-11-20(4)19-14(16)2/h5-6,11,15H,7-10,12H2,1-4H3. The molecule has 1 amide bonds. The number of aryl methyl sites for hydroxylation is 3. The monoisotopic (exact) mass is 330 g/mol. The Hall–Kier alpha value is -2.15. The van der Waals surface area contributed by atoms with Crippen molar-refractivity contribution in [1.29, 1.82) is 0 Å². The highest BCUT2D eigenvalue weighted by Gasteiger charge is 2.27. The Morgan fingerprint density at radius 2 is 1.96 bits per heavy atom. The number of nitrogens with zero attached hydrogens (tertiary/aromatic N) is 6. The van der Waals surface area contributed by atoms with Gasteiger partial charge in [0.2, 0.25) is 5.91 Å². The summed E-state index contributed by atoms with van der Waals surface area (Å²) in [5.74, 6) is 0.152. The summed E-state index contributed by atoms with van der Waals surface area (Å²) in [6.45, 7) is 10.2. The van der Waals surface area contributed by atoms with E-state index in [0.29, 0.717) is 0 Å². The Morgan fingerprint density at radius 3 is 2.50 bits per heavy atom. The molecule has 0 N–H and O–H groups in total. The molecule has 0 saturated carbocycles. The zero-order chi connectivity index (χ0) is 17.3. The van der Waals surface area contributed by atoms with Crippen LogP contribution >= 0.6 is 0 Å². The van der Waals surface area contributed by atoms with Crippen molar-refractivity contribution in [2.75, 3.05) is 26.2 Å². The highest BCUT2D eigenvalue weighted by atomic mass is 16.2. The zero-order valence-electron chi connectivity index (χ0n) is 14.9. The molecule has 1 fully saturated rings. The number of rotatable bonds is 4. The van der Waals surface area contributed by atoms with Crippen LogP contribution in [0.4, 0.5) is 0 Å². The van der Waals surface area contributed by atoms with E-state index in [4.69, 9.17) is 0 Å². The van der Waals surface area contributed by atoms with E-state index >= 15 is 0 Å². The first-order chi connectivity index (χ1) is 11.5. The SMILES string of the molecule is Cc1nn(C)cc1CN1CCN(C(=O)C(C)n2nccc2C)CC1. The molecule has 24 heavy (non-hydrogen) atoms. The summed E-state index contributed by atoms with van der Waals surface area (Å²) < 4.78 is 3.66. The van der Waals surface area contributed by atoms with Crippen LogP contribution in [0.5, 0.6) is 0 Å². The lowest BCUT2D eigenvalue weighted by Crippen LogP contribution is -2.50. The lowest BCUT2D eigenvalue weighted by atomic mass is 10.2. The van der Waals surface area contributed by atoms with Crippen LogP contribution in [-0.2, 0) is 18.4 Å². The molecule has 130 valence electrons. The largest absolute Gasteiger partial charge is 0.338 e. The first-order valence-electron chi connectivity index (χ1n) is 8.46. The smallest absolute Gasteiger partial charge is 0.247 e. The molecule has 0 bridgehead atoms. The maximum absolute atomic E-state index is 12.7. The molecule has 0 aromatic carbocycles. The summed E-state index contributed by atoms with van der Waals surface area (Å²) in [4.78, 5) is 17.0. The summed E-state index contributed by atoms with van der Waals surface area (Å²) in [7, 11) is 1.95. The van der Waals surface area contributed by atoms with Gasteiger partial charge >= 0.3 is 0 Å². The van der Waals surface area contributed by atoms with E-state index in [9.17, 15) is 4.79 Å². The molecule has 1 atom stereocenters. The van der Waals surface area contributed by atoms with Gasteiger partial charge in [-0.1, -0.05) is 0 Å². The third-order valence-electron chi connectivity index (χ3n) is 4.79. The van der Waals surface area contributed by atoms with Gasteiger partial charge in [0.1, 0.15) is 6.04 Å². The molecular weight excluding hydrogens is 304 g/mol. The summed E-state index contributed by atoms with van der Waals surface area (Å²) in [5, 5.41) is 8.66. The van der Waals surface area contributed by atoms with Gasteiger partial charge in [-0.2, -0.15) is 10.2 Å². The van der Waals surface area contributed by atoms with Gasteiger partial charge in [-0.3, -0.25) is 19.1 Å². The summed E-state index contributed by atoms with van der Waals surface area (Å²) in [5.41, 5.74) is 3.36. The van der Waals surface area contributed by atoms with Gasteiger partial charge in [0.25, 0.3) is 0 Å². The van der Waals surface area contributed by atoms with Crippen LogP contribution in [0.1, 0.15) is 29.9 Å². The van der Waals surface area contributed by atoms with Crippen LogP contribution in [0, 0.1) is 13.8 Å². The molecule has 7 nitrogen and oxygen atoms in total. The van der Waals surface area contributed by atoms with Crippen LogP contribution in [0.3, 0.4) is 0 Å². The summed E-state index contributed by atoms with van der Waals surface area (Å²) in [6, 6.07) is 1.69. The molecule has 1 aliphatic rings. The van der Waals surface area contributed by atoms with Crippen molar-refractivity contribution < 1.29 is 4.79 Å². The third kappa shape index (κ3) is 3.36. The van der Waals surface area contributed by atoms with E-state index < -0.39 is 0 Å². The number of piperazine rings is 1. The fourth-order valence-corrected chi connectivity index (χ4v) is 3.33. The Labute approximate surface area is 142 Å². The van der Waals surface area contributed by atoms with Crippen molar-refractivity contribution in [3.05, 3.63) is 35.4 Å². The molecule has 0 radical (unpaired) electrons. The van der Waals surface area contributed by atoms with Crippen LogP contribution in [-0.4, -0.2) is 61.4 Å². The van der Waals surface area contributed by atoms with Crippen molar-refractivity contribution in [2.24, 2.45) is 7.05 Å². The predicted octanol–water partition coefficient (Wildman–Crippen LogP) is 1.14. The van der Waals surface area contributed by atoms with E-state index in [0.717, 1.165) is 44.1 Å². The molecule has 3 heterocycles. The molecule has 0 spiro atoms. The Bertz CT molecular complexity index is 710. The van der Waals surface area contributed by atoms with Crippen molar-refractivity contribution >= 4 is 5.91 Å². The number of hydrogen-bond acceptors (Lipinski definition) is 4. The lowest BCUT2D eigenvalue weighted by molar-refractivity contribution is -0.136. The quantitative estimate of drug-likeness (QED) is 0.843. The minimum absolute atomic E-state index is 0.152. The van der Waals surface area contributed by atoms with Gasteiger partial charge in [-0.25, -0.2) is 0 Å². The van der Waals surface area contributed by atoms with E-state index in [2.05, 4.69) is 21.3 Å². The second-order valence-corrected chi connectivity index (χ2v) is 6.61. The lowest BCUT2D eigenvalue weighted by Gasteiger charge is -2.36. The topological polar surface area (TPSA) is 59.2 Å². The minimum atomic E-state index is -0.243. The van der Waals surface area contributed by atoms with Gasteiger partial charge < -0.3 is 4.90 Å². The molecular formula is C17H26N6O. The second-order valence-electron chi connectivity index (χ2n) is 6.61. The van der Waals surface area contributed by atoms with Crippen LogP contribution < -0.4 is 0 Å². The average molecular weight is 330 g/mol. The Kier molecular flexibility index (Phi) is 4.71. The van der Waals surface area contributed by atoms with Gasteiger partial charge in [0, 0.05) is 63.4 Å². The van der Waals surface area contributed by atoms with Gasteiger partial charge in [-0.15, -0.1) is 0 Å². The molecule has 1 saturated heterocycles. The number of amides is 1. The summed E-state index contributed by atoms with van der Waals surface area (Å²) in [6.07, 6.45) is 3.82. The number of carbonyl (C=O) groups excluding carboxylic acids is 1. The molecule has 0 aliphatic carbocycles. The van der Waals surface area contributed by atoms with Gasteiger partial charge in [0.05, 0.1) is 5.69 Å². The number of carbonyl (C=O) groups is 1. The zero-order valence-corrected chi connectivity index (χ0v) is 14.9. The molecule has 7 heteroatoms. The third-order valence-corrected chi connectivity index (χ3v) is 4.79.